The second-order valence-electron chi connectivity index (χ2n) is 6.68. The minimum atomic E-state index is -3.63. The molecule has 1 aromatic heterocycles. The van der Waals surface area contributed by atoms with Crippen LogP contribution in [0.2, 0.25) is 0 Å². The maximum Gasteiger partial charge on any atom is 0.245 e. The smallest absolute Gasteiger partial charge is 0.245 e. The maximum atomic E-state index is 13.0. The van der Waals surface area contributed by atoms with Gasteiger partial charge in [0.1, 0.15) is 15.9 Å². The summed E-state index contributed by atoms with van der Waals surface area (Å²) >= 11 is 1.01. The number of hydrogen-bond donors (Lipinski definition) is 0. The van der Waals surface area contributed by atoms with E-state index in [9.17, 15) is 13.2 Å². The van der Waals surface area contributed by atoms with Crippen LogP contribution in [0.5, 0.6) is 0 Å². The maximum absolute atomic E-state index is 13.0. The molecule has 0 saturated carbocycles. The van der Waals surface area contributed by atoms with E-state index in [0.717, 1.165) is 31.1 Å². The molecule has 0 atom stereocenters. The fraction of sp³-hybridized carbons (Fsp3) is 0.588. The molecule has 2 heterocycles. The van der Waals surface area contributed by atoms with Crippen molar-refractivity contribution in [3.8, 4) is 0 Å². The van der Waals surface area contributed by atoms with E-state index in [1.807, 2.05) is 7.05 Å². The fourth-order valence-corrected chi connectivity index (χ4v) is 5.51. The van der Waals surface area contributed by atoms with Gasteiger partial charge in [-0.05, 0) is 31.4 Å². The van der Waals surface area contributed by atoms with Gasteiger partial charge in [-0.2, -0.15) is 13.1 Å². The lowest BCUT2D eigenvalue weighted by molar-refractivity contribution is -0.135. The van der Waals surface area contributed by atoms with Gasteiger partial charge in [0.25, 0.3) is 0 Å². The molecule has 3 rings (SSSR count). The van der Waals surface area contributed by atoms with Crippen LogP contribution in [0.3, 0.4) is 0 Å². The Morgan fingerprint density at radius 1 is 1.31 bits per heavy atom. The quantitative estimate of drug-likeness (QED) is 0.748. The molecule has 0 N–H and O–H groups in total. The highest BCUT2D eigenvalue weighted by Gasteiger charge is 2.34. The summed E-state index contributed by atoms with van der Waals surface area (Å²) in [5, 5.41) is 0. The van der Waals surface area contributed by atoms with E-state index in [1.54, 1.807) is 23.1 Å². The number of sulfonamides is 1. The van der Waals surface area contributed by atoms with E-state index in [0.29, 0.717) is 37.0 Å². The van der Waals surface area contributed by atoms with Gasteiger partial charge in [-0.25, -0.2) is 8.42 Å². The van der Waals surface area contributed by atoms with Crippen LogP contribution in [0.4, 0.5) is 0 Å². The zero-order chi connectivity index (χ0) is 18.7. The Hall–Kier alpha value is -1.58. The molecule has 1 aliphatic heterocycles. The number of hydrogen-bond acceptors (Lipinski definition) is 6. The molecule has 0 spiro atoms. The van der Waals surface area contributed by atoms with Crippen LogP contribution in [0.25, 0.3) is 11.0 Å². The van der Waals surface area contributed by atoms with Crippen molar-refractivity contribution in [3.05, 3.63) is 18.2 Å². The lowest BCUT2D eigenvalue weighted by Gasteiger charge is -2.32. The molecule has 142 valence electrons. The third-order valence-electron chi connectivity index (χ3n) is 4.89. The molecular weight excluding hydrogens is 372 g/mol. The van der Waals surface area contributed by atoms with E-state index in [2.05, 4.69) is 15.7 Å². The van der Waals surface area contributed by atoms with Crippen molar-refractivity contribution in [2.24, 2.45) is 5.92 Å². The molecule has 1 aromatic carbocycles. The van der Waals surface area contributed by atoms with Gasteiger partial charge in [-0.15, -0.1) is 0 Å². The number of benzene rings is 1. The van der Waals surface area contributed by atoms with Crippen LogP contribution in [-0.4, -0.2) is 59.0 Å². The highest BCUT2D eigenvalue weighted by molar-refractivity contribution is 7.89. The molecule has 1 amide bonds. The van der Waals surface area contributed by atoms with E-state index in [1.165, 1.54) is 4.31 Å². The summed E-state index contributed by atoms with van der Waals surface area (Å²) in [4.78, 5) is 14.5. The Labute approximate surface area is 158 Å². The summed E-state index contributed by atoms with van der Waals surface area (Å²) in [5.41, 5.74) is 1.02. The van der Waals surface area contributed by atoms with Gasteiger partial charge in [0.15, 0.2) is 0 Å². The molecular formula is C17H24N4O3S2. The summed E-state index contributed by atoms with van der Waals surface area (Å²) in [5.74, 6) is 0.0290. The number of amides is 1. The van der Waals surface area contributed by atoms with Crippen molar-refractivity contribution in [1.29, 1.82) is 0 Å². The molecule has 0 radical (unpaired) electrons. The van der Waals surface area contributed by atoms with E-state index >= 15 is 0 Å². The molecule has 1 aliphatic rings. The predicted octanol–water partition coefficient (Wildman–Crippen LogP) is 2.35. The largest absolute Gasteiger partial charge is 0.346 e. The van der Waals surface area contributed by atoms with Crippen molar-refractivity contribution < 1.29 is 13.2 Å². The van der Waals surface area contributed by atoms with Crippen LogP contribution < -0.4 is 0 Å². The van der Waals surface area contributed by atoms with Gasteiger partial charge < -0.3 is 4.90 Å². The first-order chi connectivity index (χ1) is 12.4. The summed E-state index contributed by atoms with van der Waals surface area (Å²) in [7, 11) is -1.80. The van der Waals surface area contributed by atoms with Crippen molar-refractivity contribution >= 4 is 38.7 Å². The number of carbonyl (C=O) groups is 1. The van der Waals surface area contributed by atoms with Gasteiger partial charge >= 0.3 is 0 Å². The van der Waals surface area contributed by atoms with E-state index < -0.39 is 10.0 Å². The summed E-state index contributed by atoms with van der Waals surface area (Å²) in [6, 6.07) is 5.03. The standard InChI is InChI=1S/C17H24N4O3S2/c1-3-4-10-20(2)17(22)13-8-11-21(12-9-13)26(23,24)15-7-5-6-14-16(15)19-25-18-14/h5-7,13H,3-4,8-12H2,1-2H3. The molecule has 1 fully saturated rings. The van der Waals surface area contributed by atoms with Gasteiger partial charge in [-0.3, -0.25) is 4.79 Å². The van der Waals surface area contributed by atoms with Crippen molar-refractivity contribution in [2.45, 2.75) is 37.5 Å². The summed E-state index contributed by atoms with van der Waals surface area (Å²) in [6.07, 6.45) is 3.14. The highest BCUT2D eigenvalue weighted by atomic mass is 32.2. The number of unbranched alkanes of at least 4 members (excludes halogenated alkanes) is 1. The second-order valence-corrected chi connectivity index (χ2v) is 9.11. The number of nitrogens with zero attached hydrogens (tertiary/aromatic N) is 4. The van der Waals surface area contributed by atoms with Crippen LogP contribution in [0, 0.1) is 5.92 Å². The first-order valence-electron chi connectivity index (χ1n) is 8.91. The van der Waals surface area contributed by atoms with Crippen LogP contribution in [0.1, 0.15) is 32.6 Å². The Kier molecular flexibility index (Phi) is 5.89. The molecule has 7 nitrogen and oxygen atoms in total. The Morgan fingerprint density at radius 3 is 2.73 bits per heavy atom. The van der Waals surface area contributed by atoms with E-state index in [-0.39, 0.29) is 16.7 Å². The zero-order valence-electron chi connectivity index (χ0n) is 15.1. The van der Waals surface area contributed by atoms with E-state index in [4.69, 9.17) is 0 Å². The van der Waals surface area contributed by atoms with Crippen LogP contribution >= 0.6 is 11.7 Å². The molecule has 0 unspecified atom stereocenters. The normalized spacial score (nSPS) is 16.8. The number of fused-ring (bicyclic) bond motifs is 1. The van der Waals surface area contributed by atoms with Gasteiger partial charge in [0.05, 0.1) is 11.7 Å². The molecule has 2 aromatic rings. The van der Waals surface area contributed by atoms with Crippen LogP contribution in [-0.2, 0) is 14.8 Å². The minimum Gasteiger partial charge on any atom is -0.346 e. The minimum absolute atomic E-state index is 0.0972. The SMILES string of the molecule is CCCCN(C)C(=O)C1CCN(S(=O)(=O)c2cccc3nsnc23)CC1. The topological polar surface area (TPSA) is 83.5 Å². The van der Waals surface area contributed by atoms with Crippen LogP contribution in [0.15, 0.2) is 23.1 Å². The average Bonchev–Trinajstić information content (AvgIpc) is 3.14. The van der Waals surface area contributed by atoms with Crippen molar-refractivity contribution in [1.82, 2.24) is 18.0 Å². The molecule has 1 saturated heterocycles. The Morgan fingerprint density at radius 2 is 2.04 bits per heavy atom. The first kappa shape index (κ1) is 19.2. The number of piperidine rings is 1. The van der Waals surface area contributed by atoms with Crippen molar-refractivity contribution in [3.63, 3.8) is 0 Å². The van der Waals surface area contributed by atoms with Gasteiger partial charge in [-0.1, -0.05) is 19.4 Å². The number of carbonyl (C=O) groups excluding carboxylic acids is 1. The number of aromatic nitrogens is 2. The third-order valence-corrected chi connectivity index (χ3v) is 7.37. The third kappa shape index (κ3) is 3.74. The fourth-order valence-electron chi connectivity index (χ4n) is 3.29. The van der Waals surface area contributed by atoms with Gasteiger partial charge in [0.2, 0.25) is 15.9 Å². The Balaban J connectivity index is 1.69. The first-order valence-corrected chi connectivity index (χ1v) is 11.1. The average molecular weight is 397 g/mol. The summed E-state index contributed by atoms with van der Waals surface area (Å²) < 4.78 is 35.8. The monoisotopic (exact) mass is 396 g/mol. The number of rotatable bonds is 6. The lowest BCUT2D eigenvalue weighted by atomic mass is 9.96. The lowest BCUT2D eigenvalue weighted by Crippen LogP contribution is -2.43. The highest BCUT2D eigenvalue weighted by Crippen LogP contribution is 2.28. The Bertz CT molecular complexity index is 873. The van der Waals surface area contributed by atoms with Crippen molar-refractivity contribution in [2.75, 3.05) is 26.7 Å². The molecule has 0 aliphatic carbocycles. The zero-order valence-corrected chi connectivity index (χ0v) is 16.7. The molecule has 26 heavy (non-hydrogen) atoms. The predicted molar refractivity (Wildman–Crippen MR) is 101 cm³/mol. The molecule has 0 bridgehead atoms. The second kappa shape index (κ2) is 7.98. The molecule has 9 heteroatoms. The van der Waals surface area contributed by atoms with Gasteiger partial charge in [0, 0.05) is 32.6 Å². The summed E-state index contributed by atoms with van der Waals surface area (Å²) in [6.45, 7) is 3.56.